The van der Waals surface area contributed by atoms with Gasteiger partial charge in [-0.05, 0) is 68.3 Å². The summed E-state index contributed by atoms with van der Waals surface area (Å²) in [5.74, 6) is 2.18. The van der Waals surface area contributed by atoms with E-state index in [9.17, 15) is 9.59 Å². The quantitative estimate of drug-likeness (QED) is 0.362. The van der Waals surface area contributed by atoms with E-state index in [0.717, 1.165) is 30.1 Å². The third-order valence-corrected chi connectivity index (χ3v) is 6.80. The third kappa shape index (κ3) is 5.63. The van der Waals surface area contributed by atoms with Crippen LogP contribution in [0.3, 0.4) is 0 Å². The summed E-state index contributed by atoms with van der Waals surface area (Å²) in [7, 11) is 1.65. The fourth-order valence-corrected chi connectivity index (χ4v) is 4.85. The lowest BCUT2D eigenvalue weighted by Gasteiger charge is -2.22. The normalized spacial score (nSPS) is 14.1. The van der Waals surface area contributed by atoms with E-state index in [2.05, 4.69) is 20.1 Å². The number of Topliss-reactive ketones (excluding diaryl/α,β-unsaturated/α-hetero) is 1. The molecule has 1 N–H and O–H groups in total. The molecule has 33 heavy (non-hydrogen) atoms. The lowest BCUT2D eigenvalue weighted by Crippen LogP contribution is -2.15. The smallest absolute Gasteiger partial charge is 0.234 e. The van der Waals surface area contributed by atoms with Crippen molar-refractivity contribution in [3.05, 3.63) is 59.9 Å². The number of benzene rings is 2. The van der Waals surface area contributed by atoms with Crippen molar-refractivity contribution in [2.45, 2.75) is 50.1 Å². The number of amides is 1. The molecule has 1 aromatic heterocycles. The van der Waals surface area contributed by atoms with E-state index < -0.39 is 0 Å². The molecule has 0 spiro atoms. The number of rotatable bonds is 8. The largest absolute Gasteiger partial charge is 0.497 e. The second-order valence-corrected chi connectivity index (χ2v) is 9.12. The fourth-order valence-electron chi connectivity index (χ4n) is 4.09. The molecule has 0 unspecified atom stereocenters. The van der Waals surface area contributed by atoms with E-state index in [1.165, 1.54) is 37.9 Å². The maximum atomic E-state index is 12.6. The number of ether oxygens (including phenoxy) is 1. The Morgan fingerprint density at radius 3 is 2.36 bits per heavy atom. The zero-order valence-electron chi connectivity index (χ0n) is 18.9. The third-order valence-electron chi connectivity index (χ3n) is 5.87. The number of anilines is 1. The van der Waals surface area contributed by atoms with Gasteiger partial charge < -0.3 is 10.1 Å². The van der Waals surface area contributed by atoms with Gasteiger partial charge in [0.05, 0.1) is 12.9 Å². The number of methoxy groups -OCH3 is 1. The van der Waals surface area contributed by atoms with Gasteiger partial charge in [0.2, 0.25) is 5.91 Å². The average molecular weight is 465 g/mol. The molecule has 7 nitrogen and oxygen atoms in total. The first-order valence-electron chi connectivity index (χ1n) is 11.2. The van der Waals surface area contributed by atoms with E-state index >= 15 is 0 Å². The van der Waals surface area contributed by atoms with E-state index in [-0.39, 0.29) is 17.4 Å². The second kappa shape index (κ2) is 10.7. The maximum Gasteiger partial charge on any atom is 0.234 e. The highest BCUT2D eigenvalue weighted by atomic mass is 32.2. The molecule has 8 heteroatoms. The van der Waals surface area contributed by atoms with Crippen LogP contribution in [-0.4, -0.2) is 39.3 Å². The number of hydrogen-bond donors (Lipinski definition) is 1. The molecule has 2 aromatic carbocycles. The first-order chi connectivity index (χ1) is 16.0. The van der Waals surface area contributed by atoms with Crippen LogP contribution in [0.15, 0.2) is 53.7 Å². The van der Waals surface area contributed by atoms with Crippen LogP contribution in [0.25, 0.3) is 5.69 Å². The van der Waals surface area contributed by atoms with Crippen LogP contribution in [0.4, 0.5) is 5.69 Å². The fraction of sp³-hybridized carbons (Fsp3) is 0.360. The number of aromatic nitrogens is 3. The van der Waals surface area contributed by atoms with Gasteiger partial charge in [-0.2, -0.15) is 0 Å². The summed E-state index contributed by atoms with van der Waals surface area (Å²) in [6.07, 6.45) is 5.88. The van der Waals surface area contributed by atoms with E-state index in [0.29, 0.717) is 22.3 Å². The minimum Gasteiger partial charge on any atom is -0.497 e. The first kappa shape index (κ1) is 23.0. The highest BCUT2D eigenvalue weighted by Gasteiger charge is 2.24. The van der Waals surface area contributed by atoms with Gasteiger partial charge >= 0.3 is 0 Å². The van der Waals surface area contributed by atoms with Crippen LogP contribution < -0.4 is 10.1 Å². The Morgan fingerprint density at radius 1 is 1.03 bits per heavy atom. The van der Waals surface area contributed by atoms with Crippen molar-refractivity contribution in [1.29, 1.82) is 0 Å². The van der Waals surface area contributed by atoms with Crippen LogP contribution in [-0.2, 0) is 4.79 Å². The Balaban J connectivity index is 1.50. The maximum absolute atomic E-state index is 12.6. The molecule has 0 bridgehead atoms. The van der Waals surface area contributed by atoms with Crippen LogP contribution in [0.1, 0.15) is 61.1 Å². The highest BCUT2D eigenvalue weighted by molar-refractivity contribution is 7.99. The molecule has 1 amide bonds. The van der Waals surface area contributed by atoms with Crippen molar-refractivity contribution in [3.63, 3.8) is 0 Å². The van der Waals surface area contributed by atoms with Crippen LogP contribution in [0.5, 0.6) is 5.75 Å². The Kier molecular flexibility index (Phi) is 7.44. The summed E-state index contributed by atoms with van der Waals surface area (Å²) in [5, 5.41) is 12.6. The van der Waals surface area contributed by atoms with Gasteiger partial charge in [-0.25, -0.2) is 0 Å². The molecule has 1 heterocycles. The predicted molar refractivity (Wildman–Crippen MR) is 130 cm³/mol. The number of nitrogens with zero attached hydrogens (tertiary/aromatic N) is 3. The number of carbonyl (C=O) groups is 2. The monoisotopic (exact) mass is 464 g/mol. The Labute approximate surface area is 197 Å². The molecule has 0 aliphatic heterocycles. The molecular formula is C25H28N4O3S. The van der Waals surface area contributed by atoms with Gasteiger partial charge in [0.15, 0.2) is 10.9 Å². The number of nitrogens with one attached hydrogen (secondary N) is 1. The topological polar surface area (TPSA) is 86.1 Å². The summed E-state index contributed by atoms with van der Waals surface area (Å²) in [6.45, 7) is 1.52. The van der Waals surface area contributed by atoms with Crippen molar-refractivity contribution in [2.75, 3.05) is 18.2 Å². The minimum atomic E-state index is -0.140. The summed E-state index contributed by atoms with van der Waals surface area (Å²) in [6, 6.07) is 14.7. The van der Waals surface area contributed by atoms with Gasteiger partial charge in [0.1, 0.15) is 11.6 Å². The zero-order chi connectivity index (χ0) is 23.2. The lowest BCUT2D eigenvalue weighted by atomic mass is 9.88. The average Bonchev–Trinajstić information content (AvgIpc) is 3.27. The molecule has 1 aliphatic rings. The Bertz CT molecular complexity index is 1100. The summed E-state index contributed by atoms with van der Waals surface area (Å²) < 4.78 is 7.38. The van der Waals surface area contributed by atoms with Crippen molar-refractivity contribution in [1.82, 2.24) is 14.8 Å². The molecule has 1 fully saturated rings. The molecule has 1 aliphatic carbocycles. The second-order valence-electron chi connectivity index (χ2n) is 8.18. The number of carbonyl (C=O) groups excluding carboxylic acids is 2. The Hall–Kier alpha value is -3.13. The first-order valence-corrected chi connectivity index (χ1v) is 12.2. The van der Waals surface area contributed by atoms with Gasteiger partial charge in [-0.1, -0.05) is 31.0 Å². The molecule has 4 rings (SSSR count). The van der Waals surface area contributed by atoms with Crippen molar-refractivity contribution >= 4 is 29.1 Å². The molecule has 3 aromatic rings. The van der Waals surface area contributed by atoms with Crippen molar-refractivity contribution < 1.29 is 14.3 Å². The van der Waals surface area contributed by atoms with Gasteiger partial charge in [-0.3, -0.25) is 14.2 Å². The van der Waals surface area contributed by atoms with E-state index in [1.54, 1.807) is 31.4 Å². The van der Waals surface area contributed by atoms with Crippen molar-refractivity contribution in [2.24, 2.45) is 0 Å². The lowest BCUT2D eigenvalue weighted by molar-refractivity contribution is -0.113. The molecule has 0 saturated heterocycles. The molecule has 1 saturated carbocycles. The van der Waals surface area contributed by atoms with Gasteiger partial charge in [0.25, 0.3) is 0 Å². The molecule has 0 radical (unpaired) electrons. The van der Waals surface area contributed by atoms with Crippen LogP contribution in [0.2, 0.25) is 0 Å². The SMILES string of the molecule is COc1ccc(-n2c(SCC(=O)Nc3ccc(C(C)=O)cc3)nnc2C2CCCCC2)cc1. The molecule has 0 atom stereocenters. The van der Waals surface area contributed by atoms with Crippen molar-refractivity contribution in [3.8, 4) is 11.4 Å². The van der Waals surface area contributed by atoms with E-state index in [4.69, 9.17) is 4.74 Å². The summed E-state index contributed by atoms with van der Waals surface area (Å²) in [4.78, 5) is 24.0. The molecule has 172 valence electrons. The van der Waals surface area contributed by atoms with Crippen LogP contribution in [0, 0.1) is 0 Å². The predicted octanol–water partition coefficient (Wildman–Crippen LogP) is 5.26. The summed E-state index contributed by atoms with van der Waals surface area (Å²) >= 11 is 1.36. The zero-order valence-corrected chi connectivity index (χ0v) is 19.7. The number of thioether (sulfide) groups is 1. The van der Waals surface area contributed by atoms with Crippen LogP contribution >= 0.6 is 11.8 Å². The molecular weight excluding hydrogens is 436 g/mol. The Morgan fingerprint density at radius 2 is 1.73 bits per heavy atom. The van der Waals surface area contributed by atoms with Gasteiger partial charge in [0, 0.05) is 22.9 Å². The summed E-state index contributed by atoms with van der Waals surface area (Å²) in [5.41, 5.74) is 2.24. The standard InChI is InChI=1S/C25H28N4O3S/c1-17(30)18-8-10-20(11-9-18)26-23(31)16-33-25-28-27-24(19-6-4-3-5-7-19)29(25)21-12-14-22(32-2)15-13-21/h8-15,19H,3-7,16H2,1-2H3,(H,26,31). The van der Waals surface area contributed by atoms with Gasteiger partial charge in [-0.15, -0.1) is 10.2 Å². The number of ketones is 1. The highest BCUT2D eigenvalue weighted by Crippen LogP contribution is 2.35. The van der Waals surface area contributed by atoms with E-state index in [1.807, 2.05) is 24.3 Å². The number of hydrogen-bond acceptors (Lipinski definition) is 6. The minimum absolute atomic E-state index is 0.00456.